The summed E-state index contributed by atoms with van der Waals surface area (Å²) in [7, 11) is -3.15. The lowest BCUT2D eigenvalue weighted by Crippen LogP contribution is -2.26. The number of aromatic carboxylic acids is 1. The number of aromatic nitrogens is 3. The van der Waals surface area contributed by atoms with Gasteiger partial charge in [0.1, 0.15) is 18.2 Å². The highest BCUT2D eigenvalue weighted by molar-refractivity contribution is 7.92. The van der Waals surface area contributed by atoms with Crippen LogP contribution in [0.15, 0.2) is 60.8 Å². The zero-order chi connectivity index (χ0) is 29.8. The van der Waals surface area contributed by atoms with E-state index in [2.05, 4.69) is 30.3 Å². The lowest BCUT2D eigenvalue weighted by atomic mass is 10.1. The lowest BCUT2D eigenvalue weighted by molar-refractivity contribution is 0.0697. The van der Waals surface area contributed by atoms with Gasteiger partial charge in [0.15, 0.2) is 0 Å². The van der Waals surface area contributed by atoms with Crippen molar-refractivity contribution in [2.24, 2.45) is 0 Å². The van der Waals surface area contributed by atoms with E-state index in [1.54, 1.807) is 24.3 Å². The van der Waals surface area contributed by atoms with Gasteiger partial charge in [0, 0.05) is 40.2 Å². The number of nitrogens with zero attached hydrogens (tertiary/aromatic N) is 4. The summed E-state index contributed by atoms with van der Waals surface area (Å²) in [6, 6.07) is 16.6. The minimum Gasteiger partial charge on any atom is -0.478 e. The fourth-order valence-corrected chi connectivity index (χ4v) is 5.34. The van der Waals surface area contributed by atoms with Gasteiger partial charge in [-0.2, -0.15) is 9.97 Å². The van der Waals surface area contributed by atoms with Crippen molar-refractivity contribution in [3.63, 3.8) is 0 Å². The van der Waals surface area contributed by atoms with Gasteiger partial charge >= 0.3 is 5.97 Å². The highest BCUT2D eigenvalue weighted by Gasteiger charge is 2.18. The summed E-state index contributed by atoms with van der Waals surface area (Å²) in [5.74, 6) is -0.140. The zero-order valence-electron chi connectivity index (χ0n) is 23.9. The molecule has 0 saturated heterocycles. The molecule has 2 heterocycles. The van der Waals surface area contributed by atoms with Crippen molar-refractivity contribution in [2.45, 2.75) is 39.0 Å². The summed E-state index contributed by atoms with van der Waals surface area (Å²) in [5, 5.41) is 16.5. The zero-order valence-corrected chi connectivity index (χ0v) is 25.7. The topological polar surface area (TPSA) is 139 Å². The Morgan fingerprint density at radius 1 is 1.07 bits per heavy atom. The number of anilines is 4. The molecule has 4 rings (SSSR count). The Morgan fingerprint density at radius 3 is 2.44 bits per heavy atom. The quantitative estimate of drug-likeness (QED) is 0.140. The fraction of sp³-hybridized carbons (Fsp3) is 0.321. The number of benzene rings is 2. The van der Waals surface area contributed by atoms with Crippen molar-refractivity contribution < 1.29 is 23.1 Å². The molecule has 11 nitrogen and oxygen atoms in total. The van der Waals surface area contributed by atoms with E-state index in [9.17, 15) is 18.3 Å². The molecular weight excluding hydrogens is 560 g/mol. The Bertz CT molecular complexity index is 1630. The number of rotatable bonds is 13. The van der Waals surface area contributed by atoms with Crippen LogP contribution >= 0.6 is 0 Å². The van der Waals surface area contributed by atoms with Crippen LogP contribution in [-0.4, -0.2) is 62.0 Å². The number of para-hydroxylation sites is 1. The Hall–Kier alpha value is -3.94. The van der Waals surface area contributed by atoms with E-state index in [0.29, 0.717) is 48.7 Å². The van der Waals surface area contributed by atoms with Gasteiger partial charge < -0.3 is 25.0 Å². The summed E-state index contributed by atoms with van der Waals surface area (Å²) < 4.78 is 33.6. The predicted octanol–water partition coefficient (Wildman–Crippen LogP) is 5.19. The molecule has 2 aromatic carbocycles. The number of carboxylic acids is 1. The van der Waals surface area contributed by atoms with E-state index in [1.165, 1.54) is 29.7 Å². The Kier molecular flexibility index (Phi) is 9.00. The maximum atomic E-state index is 12.2. The predicted molar refractivity (Wildman–Crippen MR) is 165 cm³/mol. The third kappa shape index (κ3) is 7.84. The number of fused-ring (bicyclic) bond motifs is 1. The SMILES string of the molecule is CN(c1ccccc1CNc1nc(Nc2ccc(C(=O)O)cc2)nc2c1ccn2COCC[Si](C)(C)C)S(C)(=O)=O. The third-order valence-electron chi connectivity index (χ3n) is 6.51. The van der Waals surface area contributed by atoms with Gasteiger partial charge in [-0.05, 0) is 48.0 Å². The highest BCUT2D eigenvalue weighted by atomic mass is 32.2. The van der Waals surface area contributed by atoms with Gasteiger partial charge in [-0.15, -0.1) is 0 Å². The molecule has 3 N–H and O–H groups in total. The molecular formula is C28H36N6O5SSi. The second-order valence-corrected chi connectivity index (χ2v) is 18.6. The van der Waals surface area contributed by atoms with Crippen LogP contribution in [0.2, 0.25) is 25.7 Å². The first kappa shape index (κ1) is 30.0. The average Bonchev–Trinajstić information content (AvgIpc) is 3.31. The molecule has 2 aromatic heterocycles. The first-order valence-corrected chi connectivity index (χ1v) is 18.7. The number of ether oxygens (including phenoxy) is 1. The lowest BCUT2D eigenvalue weighted by Gasteiger charge is -2.20. The summed E-state index contributed by atoms with van der Waals surface area (Å²) in [5.41, 5.74) is 2.81. The van der Waals surface area contributed by atoms with Crippen LogP contribution < -0.4 is 14.9 Å². The van der Waals surface area contributed by atoms with E-state index >= 15 is 0 Å². The number of hydrogen-bond acceptors (Lipinski definition) is 8. The summed E-state index contributed by atoms with van der Waals surface area (Å²) >= 11 is 0. The van der Waals surface area contributed by atoms with Crippen LogP contribution in [0.4, 0.5) is 23.1 Å². The molecule has 0 spiro atoms. The Labute approximate surface area is 241 Å². The molecule has 0 atom stereocenters. The van der Waals surface area contributed by atoms with E-state index in [-0.39, 0.29) is 5.56 Å². The van der Waals surface area contributed by atoms with E-state index in [1.807, 2.05) is 29.0 Å². The van der Waals surface area contributed by atoms with Crippen molar-refractivity contribution in [1.29, 1.82) is 0 Å². The molecule has 0 aliphatic rings. The smallest absolute Gasteiger partial charge is 0.335 e. The third-order valence-corrected chi connectivity index (χ3v) is 9.40. The van der Waals surface area contributed by atoms with Gasteiger partial charge in [-0.1, -0.05) is 37.8 Å². The molecule has 0 radical (unpaired) electrons. The average molecular weight is 597 g/mol. The largest absolute Gasteiger partial charge is 0.478 e. The monoisotopic (exact) mass is 596 g/mol. The van der Waals surface area contributed by atoms with Crippen molar-refractivity contribution in [1.82, 2.24) is 14.5 Å². The van der Waals surface area contributed by atoms with Gasteiger partial charge in [-0.3, -0.25) is 4.31 Å². The maximum absolute atomic E-state index is 12.2. The van der Waals surface area contributed by atoms with Crippen LogP contribution in [0.1, 0.15) is 15.9 Å². The number of carbonyl (C=O) groups is 1. The number of nitrogens with one attached hydrogen (secondary N) is 2. The molecule has 41 heavy (non-hydrogen) atoms. The van der Waals surface area contributed by atoms with Gasteiger partial charge in [0.25, 0.3) is 0 Å². The van der Waals surface area contributed by atoms with Crippen LogP contribution in [0.5, 0.6) is 0 Å². The number of carboxylic acid groups (broad SMARTS) is 1. The minimum atomic E-state index is -3.44. The summed E-state index contributed by atoms with van der Waals surface area (Å²) in [6.45, 7) is 8.22. The normalized spacial score (nSPS) is 11.9. The molecule has 0 aliphatic carbocycles. The summed E-state index contributed by atoms with van der Waals surface area (Å²) in [6.07, 6.45) is 3.07. The number of hydrogen-bond donors (Lipinski definition) is 3. The van der Waals surface area contributed by atoms with Crippen LogP contribution in [-0.2, 0) is 28.0 Å². The van der Waals surface area contributed by atoms with Gasteiger partial charge in [-0.25, -0.2) is 13.2 Å². The molecule has 0 saturated carbocycles. The van der Waals surface area contributed by atoms with Gasteiger partial charge in [0.2, 0.25) is 16.0 Å². The molecule has 0 amide bonds. The molecule has 0 aliphatic heterocycles. The first-order valence-electron chi connectivity index (χ1n) is 13.1. The van der Waals surface area contributed by atoms with E-state index in [4.69, 9.17) is 14.7 Å². The van der Waals surface area contributed by atoms with E-state index < -0.39 is 24.1 Å². The first-order chi connectivity index (χ1) is 19.3. The van der Waals surface area contributed by atoms with Crippen LogP contribution in [0.3, 0.4) is 0 Å². The molecule has 4 aromatic rings. The second kappa shape index (κ2) is 12.3. The van der Waals surface area contributed by atoms with Gasteiger partial charge in [0.05, 0.1) is 22.9 Å². The molecule has 0 bridgehead atoms. The molecule has 218 valence electrons. The maximum Gasteiger partial charge on any atom is 0.335 e. The molecule has 13 heteroatoms. The Balaban J connectivity index is 1.65. The van der Waals surface area contributed by atoms with Crippen molar-refractivity contribution >= 4 is 58.2 Å². The fourth-order valence-electron chi connectivity index (χ4n) is 4.05. The van der Waals surface area contributed by atoms with Crippen molar-refractivity contribution in [3.8, 4) is 0 Å². The standard InChI is InChI=1S/C28H36N6O5SSi/c1-33(40(2,37)38)24-9-7-6-8-21(24)18-29-25-23-14-15-34(19-39-16-17-41(3,4)5)26(23)32-28(31-25)30-22-12-10-20(11-13-22)27(35)36/h6-15H,16-19H2,1-5H3,(H,35,36)(H2,29,30,31,32). The van der Waals surface area contributed by atoms with Crippen molar-refractivity contribution in [3.05, 3.63) is 71.9 Å². The molecule has 0 unspecified atom stereocenters. The highest BCUT2D eigenvalue weighted by Crippen LogP contribution is 2.28. The second-order valence-electron chi connectivity index (χ2n) is 11.0. The summed E-state index contributed by atoms with van der Waals surface area (Å²) in [4.78, 5) is 20.7. The molecule has 0 fully saturated rings. The number of sulfonamides is 1. The van der Waals surface area contributed by atoms with Crippen LogP contribution in [0, 0.1) is 0 Å². The van der Waals surface area contributed by atoms with Crippen molar-refractivity contribution in [2.75, 3.05) is 34.8 Å². The minimum absolute atomic E-state index is 0.177. The van der Waals surface area contributed by atoms with Crippen LogP contribution in [0.25, 0.3) is 11.0 Å². The van der Waals surface area contributed by atoms with E-state index in [0.717, 1.165) is 17.0 Å². The Morgan fingerprint density at radius 2 is 1.78 bits per heavy atom.